The number of para-hydroxylation sites is 1. The molecule has 144 valence electrons. The van der Waals surface area contributed by atoms with Crippen LogP contribution in [0.4, 0.5) is 5.69 Å². The molecule has 1 heterocycles. The highest BCUT2D eigenvalue weighted by atomic mass is 35.5. The molecule has 0 bridgehead atoms. The summed E-state index contributed by atoms with van der Waals surface area (Å²) in [6.07, 6.45) is 1.47. The van der Waals surface area contributed by atoms with Gasteiger partial charge in [-0.05, 0) is 38.1 Å². The van der Waals surface area contributed by atoms with E-state index in [1.807, 2.05) is 49.4 Å². The molecule has 1 amide bonds. The van der Waals surface area contributed by atoms with Crippen LogP contribution in [0.25, 0.3) is 5.69 Å². The second-order valence-electron chi connectivity index (χ2n) is 6.17. The first kappa shape index (κ1) is 19.9. The van der Waals surface area contributed by atoms with Crippen molar-refractivity contribution in [3.63, 3.8) is 0 Å². The van der Waals surface area contributed by atoms with Crippen molar-refractivity contribution in [2.75, 3.05) is 11.9 Å². The van der Waals surface area contributed by atoms with Crippen molar-refractivity contribution in [2.45, 2.75) is 13.8 Å². The van der Waals surface area contributed by atoms with E-state index < -0.39 is 0 Å². The Morgan fingerprint density at radius 3 is 2.57 bits per heavy atom. The summed E-state index contributed by atoms with van der Waals surface area (Å²) in [4.78, 5) is 12.0. The number of amides is 1. The predicted octanol–water partition coefficient (Wildman–Crippen LogP) is 4.36. The zero-order chi connectivity index (χ0) is 20.1. The van der Waals surface area contributed by atoms with Crippen molar-refractivity contribution in [3.05, 3.63) is 75.5 Å². The third kappa shape index (κ3) is 4.71. The third-order valence-electron chi connectivity index (χ3n) is 4.02. The van der Waals surface area contributed by atoms with Gasteiger partial charge in [0.1, 0.15) is 5.15 Å². The van der Waals surface area contributed by atoms with E-state index in [1.54, 1.807) is 17.7 Å². The van der Waals surface area contributed by atoms with Crippen LogP contribution in [-0.2, 0) is 4.79 Å². The van der Waals surface area contributed by atoms with Crippen LogP contribution < -0.4 is 10.7 Å². The smallest absolute Gasteiger partial charge is 0.259 e. The second kappa shape index (κ2) is 8.91. The summed E-state index contributed by atoms with van der Waals surface area (Å²) in [5.41, 5.74) is 6.44. The summed E-state index contributed by atoms with van der Waals surface area (Å²) < 4.78 is 1.54. The molecule has 6 nitrogen and oxygen atoms in total. The number of carbonyl (C=O) groups excluding carboxylic acids is 1. The van der Waals surface area contributed by atoms with Crippen LogP contribution in [0, 0.1) is 13.8 Å². The summed E-state index contributed by atoms with van der Waals surface area (Å²) in [6, 6.07) is 15.0. The van der Waals surface area contributed by atoms with Gasteiger partial charge in [0.15, 0.2) is 0 Å². The molecule has 0 radical (unpaired) electrons. The lowest BCUT2D eigenvalue weighted by Crippen LogP contribution is -2.25. The number of hydrogen-bond acceptors (Lipinski definition) is 4. The molecule has 1 aromatic heterocycles. The van der Waals surface area contributed by atoms with Gasteiger partial charge < -0.3 is 5.32 Å². The Morgan fingerprint density at radius 2 is 1.86 bits per heavy atom. The lowest BCUT2D eigenvalue weighted by molar-refractivity contribution is -0.119. The van der Waals surface area contributed by atoms with Gasteiger partial charge in [0.2, 0.25) is 0 Å². The monoisotopic (exact) mass is 415 g/mol. The molecule has 2 N–H and O–H groups in total. The molecule has 28 heavy (non-hydrogen) atoms. The van der Waals surface area contributed by atoms with Gasteiger partial charge in [-0.1, -0.05) is 53.0 Å². The minimum Gasteiger partial charge on any atom is -0.376 e. The van der Waals surface area contributed by atoms with Crippen LogP contribution in [0.5, 0.6) is 0 Å². The Kier molecular flexibility index (Phi) is 6.34. The van der Waals surface area contributed by atoms with E-state index in [4.69, 9.17) is 23.2 Å². The number of anilines is 1. The Labute approximate surface area is 173 Å². The van der Waals surface area contributed by atoms with E-state index in [-0.39, 0.29) is 12.5 Å². The van der Waals surface area contributed by atoms with Gasteiger partial charge in [-0.25, -0.2) is 10.1 Å². The second-order valence-corrected chi connectivity index (χ2v) is 6.93. The minimum absolute atomic E-state index is 0.103. The van der Waals surface area contributed by atoms with Crippen molar-refractivity contribution in [2.24, 2.45) is 5.10 Å². The molecule has 0 unspecified atom stereocenters. The van der Waals surface area contributed by atoms with Crippen LogP contribution in [0.1, 0.15) is 16.8 Å². The summed E-state index contributed by atoms with van der Waals surface area (Å²) in [7, 11) is 0. The molecule has 0 atom stereocenters. The first-order chi connectivity index (χ1) is 13.5. The SMILES string of the molecule is Cc1ccc(NCC(=O)N/N=C\c2c(C)nn(-c3ccccc3Cl)c2Cl)cc1. The van der Waals surface area contributed by atoms with Crippen LogP contribution in [-0.4, -0.2) is 28.4 Å². The highest BCUT2D eigenvalue weighted by Gasteiger charge is 2.15. The van der Waals surface area contributed by atoms with Gasteiger partial charge in [-0.3, -0.25) is 4.79 Å². The number of nitrogens with one attached hydrogen (secondary N) is 2. The van der Waals surface area contributed by atoms with E-state index >= 15 is 0 Å². The third-order valence-corrected chi connectivity index (χ3v) is 4.70. The normalized spacial score (nSPS) is 11.0. The Morgan fingerprint density at radius 1 is 1.14 bits per heavy atom. The van der Waals surface area contributed by atoms with Crippen LogP contribution >= 0.6 is 23.2 Å². The molecule has 0 aliphatic rings. The standard InChI is InChI=1S/C20H19Cl2N5O/c1-13-7-9-15(10-8-13)23-12-19(28)25-24-11-16-14(2)26-27(20(16)22)18-6-4-3-5-17(18)21/h3-11,23H,12H2,1-2H3,(H,25,28)/b24-11-. The number of hydrazone groups is 1. The van der Waals surface area contributed by atoms with Crippen molar-refractivity contribution in [1.29, 1.82) is 0 Å². The summed E-state index contributed by atoms with van der Waals surface area (Å²) >= 11 is 12.6. The molecule has 0 spiro atoms. The summed E-state index contributed by atoms with van der Waals surface area (Å²) in [6.45, 7) is 3.92. The largest absolute Gasteiger partial charge is 0.376 e. The fourth-order valence-electron chi connectivity index (χ4n) is 2.50. The lowest BCUT2D eigenvalue weighted by atomic mass is 10.2. The van der Waals surface area contributed by atoms with E-state index in [0.717, 1.165) is 11.3 Å². The van der Waals surface area contributed by atoms with E-state index in [2.05, 4.69) is 20.9 Å². The molecule has 0 fully saturated rings. The summed E-state index contributed by atoms with van der Waals surface area (Å²) in [5, 5.41) is 12.3. The van der Waals surface area contributed by atoms with Gasteiger partial charge in [-0.2, -0.15) is 10.2 Å². The number of benzene rings is 2. The lowest BCUT2D eigenvalue weighted by Gasteiger charge is -2.05. The molecule has 0 aliphatic carbocycles. The number of rotatable bonds is 6. The predicted molar refractivity (Wildman–Crippen MR) is 114 cm³/mol. The fourth-order valence-corrected chi connectivity index (χ4v) is 3.03. The number of aromatic nitrogens is 2. The Balaban J connectivity index is 1.63. The van der Waals surface area contributed by atoms with Crippen LogP contribution in [0.2, 0.25) is 10.2 Å². The van der Waals surface area contributed by atoms with E-state index in [0.29, 0.717) is 27.1 Å². The number of nitrogens with zero attached hydrogens (tertiary/aromatic N) is 3. The molecule has 8 heteroatoms. The number of aryl methyl sites for hydroxylation is 2. The molecular formula is C20H19Cl2N5O. The van der Waals surface area contributed by atoms with E-state index in [9.17, 15) is 4.79 Å². The van der Waals surface area contributed by atoms with Gasteiger partial charge in [0.05, 0.1) is 34.7 Å². The quantitative estimate of drug-likeness (QED) is 0.464. The molecule has 3 aromatic rings. The van der Waals surface area contributed by atoms with Crippen LogP contribution in [0.15, 0.2) is 53.6 Å². The number of hydrogen-bond donors (Lipinski definition) is 2. The average Bonchev–Trinajstić information content (AvgIpc) is 2.96. The highest BCUT2D eigenvalue weighted by molar-refractivity contribution is 6.34. The van der Waals surface area contributed by atoms with Gasteiger partial charge in [-0.15, -0.1) is 0 Å². The topological polar surface area (TPSA) is 71.3 Å². The highest BCUT2D eigenvalue weighted by Crippen LogP contribution is 2.26. The fraction of sp³-hybridized carbons (Fsp3) is 0.150. The Hall–Kier alpha value is -2.83. The van der Waals surface area contributed by atoms with Crippen molar-refractivity contribution in [1.82, 2.24) is 15.2 Å². The van der Waals surface area contributed by atoms with Gasteiger partial charge in [0.25, 0.3) is 5.91 Å². The molecule has 2 aromatic carbocycles. The van der Waals surface area contributed by atoms with Gasteiger partial charge in [0, 0.05) is 5.69 Å². The molecule has 0 saturated carbocycles. The zero-order valence-electron chi connectivity index (χ0n) is 15.4. The first-order valence-corrected chi connectivity index (χ1v) is 9.34. The van der Waals surface area contributed by atoms with E-state index in [1.165, 1.54) is 6.21 Å². The maximum Gasteiger partial charge on any atom is 0.259 e. The molecule has 0 aliphatic heterocycles. The zero-order valence-corrected chi connectivity index (χ0v) is 16.9. The molecular weight excluding hydrogens is 397 g/mol. The molecule has 3 rings (SSSR count). The Bertz CT molecular complexity index is 1010. The first-order valence-electron chi connectivity index (χ1n) is 8.58. The van der Waals surface area contributed by atoms with Gasteiger partial charge >= 0.3 is 0 Å². The van der Waals surface area contributed by atoms with Crippen molar-refractivity contribution < 1.29 is 4.79 Å². The van der Waals surface area contributed by atoms with Crippen LogP contribution in [0.3, 0.4) is 0 Å². The number of halogens is 2. The summed E-state index contributed by atoms with van der Waals surface area (Å²) in [5.74, 6) is -0.274. The average molecular weight is 416 g/mol. The maximum atomic E-state index is 12.0. The molecule has 0 saturated heterocycles. The number of carbonyl (C=O) groups is 1. The minimum atomic E-state index is -0.274. The maximum absolute atomic E-state index is 12.0. The van der Waals surface area contributed by atoms with Crippen molar-refractivity contribution >= 4 is 41.0 Å². The van der Waals surface area contributed by atoms with Crippen molar-refractivity contribution in [3.8, 4) is 5.69 Å².